The Kier molecular flexibility index (Phi) is 10.3. The quantitative estimate of drug-likeness (QED) is 0.201. The van der Waals surface area contributed by atoms with Crippen molar-refractivity contribution in [2.75, 3.05) is 65.8 Å². The molecule has 5 aliphatic heterocycles. The highest BCUT2D eigenvalue weighted by atomic mass is 19.4. The summed E-state index contributed by atoms with van der Waals surface area (Å²) in [5.41, 5.74) is 5.38. The number of carbonyl (C=O) groups excluding carboxylic acids is 1. The summed E-state index contributed by atoms with van der Waals surface area (Å²) in [6, 6.07) is 1.71. The molecule has 6 N–H and O–H groups in total. The van der Waals surface area contributed by atoms with Crippen LogP contribution in [0.3, 0.4) is 0 Å². The van der Waals surface area contributed by atoms with Crippen molar-refractivity contribution in [1.82, 2.24) is 20.0 Å². The summed E-state index contributed by atoms with van der Waals surface area (Å²) in [5.74, 6) is -1.47. The highest BCUT2D eigenvalue weighted by Gasteiger charge is 2.49. The lowest BCUT2D eigenvalue weighted by Crippen LogP contribution is -2.83. The summed E-state index contributed by atoms with van der Waals surface area (Å²) in [7, 11) is 3.15. The second-order valence-electron chi connectivity index (χ2n) is 14.0. The molecule has 278 valence electrons. The summed E-state index contributed by atoms with van der Waals surface area (Å²) >= 11 is 0. The molecule has 1 aromatic rings. The van der Waals surface area contributed by atoms with Crippen LogP contribution in [0, 0.1) is 11.2 Å². The van der Waals surface area contributed by atoms with Crippen molar-refractivity contribution in [3.8, 4) is 0 Å². The van der Waals surface area contributed by atoms with Crippen LogP contribution in [0.25, 0.3) is 0 Å². The summed E-state index contributed by atoms with van der Waals surface area (Å²) in [5, 5.41) is 13.7. The molecule has 3 fully saturated rings. The number of fused-ring (bicyclic) bond motifs is 1. The number of nitrogen functional groups attached to an aromatic ring is 1. The van der Waals surface area contributed by atoms with E-state index < -0.39 is 53.1 Å². The zero-order chi connectivity index (χ0) is 36.8. The molecule has 0 spiro atoms. The predicted octanol–water partition coefficient (Wildman–Crippen LogP) is 3.48. The molecule has 1 aromatic carbocycles. The maximum absolute atomic E-state index is 14.8. The van der Waals surface area contributed by atoms with Gasteiger partial charge in [0.15, 0.2) is 0 Å². The SMILES string of the molecule is C/C(C(=N)C(=O)N(C)C)=C1\CN(C2=NC(OC[C@@]34CCCN3CC(=C(F)F)C4)NC3=C2CO[C@H](c2cc(N)cc(F)c2C(F)(F)F)C3)CCC[NH2+]1. The molecular weight excluding hydrogens is 682 g/mol. The van der Waals surface area contributed by atoms with Gasteiger partial charge in [0.25, 0.3) is 12.0 Å². The minimum atomic E-state index is -5.01. The summed E-state index contributed by atoms with van der Waals surface area (Å²) in [4.78, 5) is 22.9. The van der Waals surface area contributed by atoms with Crippen molar-refractivity contribution >= 4 is 23.1 Å². The number of hydrogen-bond donors (Lipinski definition) is 4. The maximum atomic E-state index is 14.8. The van der Waals surface area contributed by atoms with Gasteiger partial charge in [0.2, 0.25) is 6.35 Å². The molecule has 1 unspecified atom stereocenters. The molecule has 3 saturated heterocycles. The van der Waals surface area contributed by atoms with Gasteiger partial charge in [-0.3, -0.25) is 15.1 Å². The van der Waals surface area contributed by atoms with E-state index in [-0.39, 0.29) is 56.1 Å². The zero-order valence-corrected chi connectivity index (χ0v) is 28.7. The van der Waals surface area contributed by atoms with Gasteiger partial charge in [-0.15, -0.1) is 0 Å². The third-order valence-corrected chi connectivity index (χ3v) is 10.4. The van der Waals surface area contributed by atoms with Gasteiger partial charge >= 0.3 is 6.18 Å². The number of quaternary nitrogens is 1. The van der Waals surface area contributed by atoms with E-state index in [1.807, 2.05) is 15.1 Å². The van der Waals surface area contributed by atoms with Gasteiger partial charge < -0.3 is 35.6 Å². The zero-order valence-electron chi connectivity index (χ0n) is 28.7. The highest BCUT2D eigenvalue weighted by Crippen LogP contribution is 2.45. The number of amidine groups is 1. The lowest BCUT2D eigenvalue weighted by molar-refractivity contribution is -0.605. The number of aliphatic imine (C=N–C) groups is 1. The van der Waals surface area contributed by atoms with E-state index in [1.165, 1.54) is 4.90 Å². The largest absolute Gasteiger partial charge is 0.419 e. The molecule has 5 heterocycles. The molecular formula is C34H43F6N8O3+. The van der Waals surface area contributed by atoms with Crippen molar-refractivity contribution < 1.29 is 45.9 Å². The van der Waals surface area contributed by atoms with Crippen LogP contribution >= 0.6 is 0 Å². The molecule has 11 nitrogen and oxygen atoms in total. The molecule has 17 heteroatoms. The van der Waals surface area contributed by atoms with Gasteiger partial charge in [-0.1, -0.05) is 0 Å². The predicted molar refractivity (Wildman–Crippen MR) is 176 cm³/mol. The average molecular weight is 726 g/mol. The number of alkyl halides is 3. The maximum Gasteiger partial charge on any atom is 0.419 e. The second-order valence-corrected chi connectivity index (χ2v) is 14.0. The Balaban J connectivity index is 1.34. The standard InChI is InChI=1S/C34H42F6N8O3/c1-18(28(42)31(49)46(2)3)25-15-47(8-5-7-43-25)30-22-16-50-26(21-10-20(41)11-23(35)27(21)34(38,39)40)12-24(22)44-32(45-30)51-17-33-6-4-9-48(33)14-19(13-33)29(36)37/h10-11,26,32,42-44H,4-9,12-17,41H2,1-3H3/p+1/b25-18-,42-28?/t26-,32?,33-/m0/s1. The molecule has 0 aliphatic carbocycles. The number of nitrogens with zero attached hydrogens (tertiary/aromatic N) is 4. The number of nitrogens with two attached hydrogens (primary N) is 2. The smallest absolute Gasteiger partial charge is 0.399 e. The number of carbonyl (C=O) groups is 1. The highest BCUT2D eigenvalue weighted by molar-refractivity contribution is 6.43. The molecule has 1 amide bonds. The minimum Gasteiger partial charge on any atom is -0.399 e. The number of halogens is 6. The Hall–Kier alpha value is -3.93. The Morgan fingerprint density at radius 3 is 2.71 bits per heavy atom. The molecule has 0 aromatic heterocycles. The number of benzene rings is 1. The van der Waals surface area contributed by atoms with Crippen LogP contribution in [-0.4, -0.2) is 104 Å². The molecule has 0 radical (unpaired) electrons. The number of ether oxygens (including phenoxy) is 2. The fourth-order valence-electron chi connectivity index (χ4n) is 7.71. The summed E-state index contributed by atoms with van der Waals surface area (Å²) in [6.45, 7) is 3.92. The van der Waals surface area contributed by atoms with Gasteiger partial charge in [-0.25, -0.2) is 9.38 Å². The van der Waals surface area contributed by atoms with Crippen molar-refractivity contribution in [2.45, 2.75) is 63.2 Å². The molecule has 0 saturated carbocycles. The number of anilines is 1. The molecule has 5 aliphatic rings. The molecule has 51 heavy (non-hydrogen) atoms. The van der Waals surface area contributed by atoms with Crippen molar-refractivity contribution in [1.29, 1.82) is 5.41 Å². The first kappa shape index (κ1) is 36.8. The number of hydrogen-bond acceptors (Lipinski definition) is 9. The van der Waals surface area contributed by atoms with Gasteiger partial charge in [0.05, 0.1) is 38.0 Å². The molecule has 3 atom stereocenters. The monoisotopic (exact) mass is 725 g/mol. The Morgan fingerprint density at radius 1 is 1.24 bits per heavy atom. The van der Waals surface area contributed by atoms with Crippen LogP contribution in [0.2, 0.25) is 0 Å². The van der Waals surface area contributed by atoms with E-state index in [9.17, 15) is 31.1 Å². The number of nitrogens with one attached hydrogen (secondary N) is 2. The van der Waals surface area contributed by atoms with Gasteiger partial charge in [-0.05, 0) is 50.4 Å². The van der Waals surface area contributed by atoms with Crippen molar-refractivity contribution in [3.63, 3.8) is 0 Å². The third kappa shape index (κ3) is 7.39. The molecule has 6 rings (SSSR count). The van der Waals surface area contributed by atoms with Crippen molar-refractivity contribution in [3.05, 3.63) is 63.3 Å². The number of rotatable bonds is 6. The van der Waals surface area contributed by atoms with E-state index in [4.69, 9.17) is 25.6 Å². The fourth-order valence-corrected chi connectivity index (χ4v) is 7.71. The van der Waals surface area contributed by atoms with Crippen LogP contribution in [0.1, 0.15) is 56.3 Å². The average Bonchev–Trinajstić information content (AvgIpc) is 3.52. The van der Waals surface area contributed by atoms with Crippen LogP contribution < -0.4 is 16.4 Å². The van der Waals surface area contributed by atoms with E-state index >= 15 is 0 Å². The third-order valence-electron chi connectivity index (χ3n) is 10.4. The van der Waals surface area contributed by atoms with E-state index in [1.54, 1.807) is 21.0 Å². The van der Waals surface area contributed by atoms with Gasteiger partial charge in [-0.2, -0.15) is 22.0 Å². The van der Waals surface area contributed by atoms with Crippen LogP contribution in [-0.2, 0) is 20.4 Å². The summed E-state index contributed by atoms with van der Waals surface area (Å²) in [6.07, 6.45) is -6.68. The first-order chi connectivity index (χ1) is 24.1. The summed E-state index contributed by atoms with van der Waals surface area (Å²) < 4.78 is 96.8. The minimum absolute atomic E-state index is 0.0833. The normalized spacial score (nSPS) is 26.6. The Morgan fingerprint density at radius 2 is 2.00 bits per heavy atom. The van der Waals surface area contributed by atoms with Crippen LogP contribution in [0.5, 0.6) is 0 Å². The van der Waals surface area contributed by atoms with E-state index in [2.05, 4.69) is 5.32 Å². The van der Waals surface area contributed by atoms with Crippen molar-refractivity contribution in [2.24, 2.45) is 4.99 Å². The fraction of sp³-hybridized carbons (Fsp3) is 0.559. The van der Waals surface area contributed by atoms with E-state index in [0.717, 1.165) is 18.2 Å². The second kappa shape index (κ2) is 14.2. The Bertz CT molecular complexity index is 1720. The lowest BCUT2D eigenvalue weighted by atomic mass is 9.93. The lowest BCUT2D eigenvalue weighted by Gasteiger charge is -2.39. The van der Waals surface area contributed by atoms with Crippen LogP contribution in [0.15, 0.2) is 51.3 Å². The van der Waals surface area contributed by atoms with Gasteiger partial charge in [0, 0.05) is 73.7 Å². The first-order valence-corrected chi connectivity index (χ1v) is 16.9. The first-order valence-electron chi connectivity index (χ1n) is 16.9. The van der Waals surface area contributed by atoms with Gasteiger partial charge in [0.1, 0.15) is 23.1 Å². The van der Waals surface area contributed by atoms with E-state index in [0.29, 0.717) is 61.2 Å². The van der Waals surface area contributed by atoms with Crippen LogP contribution in [0.4, 0.5) is 32.0 Å². The topological polar surface area (TPSA) is 136 Å². The molecule has 0 bridgehead atoms. The Labute approximate surface area is 291 Å². The number of amides is 1.